The molecule has 0 spiro atoms. The highest BCUT2D eigenvalue weighted by atomic mass is 79.9. The van der Waals surface area contributed by atoms with Gasteiger partial charge in [0.05, 0.1) is 0 Å². The summed E-state index contributed by atoms with van der Waals surface area (Å²) in [7, 11) is 0. The van der Waals surface area contributed by atoms with Crippen molar-refractivity contribution >= 4 is 21.8 Å². The molecule has 0 aliphatic carbocycles. The normalized spacial score (nSPS) is 10.9. The number of halogens is 1. The summed E-state index contributed by atoms with van der Waals surface area (Å²) in [5.41, 5.74) is 3.11. The van der Waals surface area contributed by atoms with Gasteiger partial charge in [0.25, 0.3) is 5.91 Å². The minimum Gasteiger partial charge on any atom is -0.347 e. The molecule has 1 N–H and O–H groups in total. The molecule has 1 heterocycles. The van der Waals surface area contributed by atoms with Crippen molar-refractivity contribution in [1.29, 1.82) is 0 Å². The lowest BCUT2D eigenvalue weighted by molar-refractivity contribution is 0.0941. The largest absolute Gasteiger partial charge is 0.347 e. The molecule has 0 saturated heterocycles. The number of rotatable bonds is 5. The summed E-state index contributed by atoms with van der Waals surface area (Å²) in [6.07, 6.45) is 1.92. The Morgan fingerprint density at radius 2 is 1.95 bits per heavy atom. The first-order valence-electron chi connectivity index (χ1n) is 7.24. The van der Waals surface area contributed by atoms with Crippen LogP contribution >= 0.6 is 15.9 Å². The molecular weight excluding hydrogens is 328 g/mol. The van der Waals surface area contributed by atoms with E-state index in [2.05, 4.69) is 59.4 Å². The number of aromatic nitrogens is 1. The Labute approximate surface area is 134 Å². The van der Waals surface area contributed by atoms with Gasteiger partial charge in [0.2, 0.25) is 0 Å². The Morgan fingerprint density at radius 1 is 1.29 bits per heavy atom. The van der Waals surface area contributed by atoms with E-state index in [4.69, 9.17) is 0 Å². The first-order chi connectivity index (χ1) is 10.0. The molecule has 0 aliphatic heterocycles. The molecule has 1 amide bonds. The lowest BCUT2D eigenvalue weighted by atomic mass is 10.0. The molecule has 1 aromatic carbocycles. The molecular formula is C17H21BrN2O. The van der Waals surface area contributed by atoms with Gasteiger partial charge in [0.1, 0.15) is 5.69 Å². The molecule has 0 atom stereocenters. The third-order valence-corrected chi connectivity index (χ3v) is 3.97. The van der Waals surface area contributed by atoms with Crippen LogP contribution in [0.2, 0.25) is 0 Å². The average Bonchev–Trinajstić information content (AvgIpc) is 2.86. The zero-order valence-corrected chi connectivity index (χ0v) is 14.3. The number of aryl methyl sites for hydroxylation is 1. The Balaban J connectivity index is 2.00. The van der Waals surface area contributed by atoms with Crippen molar-refractivity contribution in [3.63, 3.8) is 0 Å². The van der Waals surface area contributed by atoms with Gasteiger partial charge in [-0.25, -0.2) is 0 Å². The summed E-state index contributed by atoms with van der Waals surface area (Å²) in [5.74, 6) is 0.481. The van der Waals surface area contributed by atoms with Crippen LogP contribution in [-0.4, -0.2) is 10.5 Å². The van der Waals surface area contributed by atoms with Crippen LogP contribution < -0.4 is 5.32 Å². The number of hydrogen-bond donors (Lipinski definition) is 1. The smallest absolute Gasteiger partial charge is 0.268 e. The standard InChI is InChI=1S/C17H21BrN2O/c1-4-20-11-15(18)9-16(20)17(21)19-10-13-5-7-14(8-6-13)12(2)3/h5-9,11-12H,4,10H2,1-3H3,(H,19,21). The molecule has 3 nitrogen and oxygen atoms in total. The maximum atomic E-state index is 12.2. The van der Waals surface area contributed by atoms with Gasteiger partial charge in [-0.2, -0.15) is 0 Å². The molecule has 1 aromatic heterocycles. The SMILES string of the molecule is CCn1cc(Br)cc1C(=O)NCc1ccc(C(C)C)cc1. The van der Waals surface area contributed by atoms with E-state index >= 15 is 0 Å². The van der Waals surface area contributed by atoms with Crippen LogP contribution in [0.25, 0.3) is 0 Å². The molecule has 0 radical (unpaired) electrons. The van der Waals surface area contributed by atoms with Gasteiger partial charge in [0.15, 0.2) is 0 Å². The lowest BCUT2D eigenvalue weighted by Gasteiger charge is -2.09. The molecule has 2 rings (SSSR count). The monoisotopic (exact) mass is 348 g/mol. The van der Waals surface area contributed by atoms with Gasteiger partial charge in [-0.05, 0) is 46.0 Å². The summed E-state index contributed by atoms with van der Waals surface area (Å²) in [6, 6.07) is 10.2. The second-order valence-corrected chi connectivity index (χ2v) is 6.32. The van der Waals surface area contributed by atoms with E-state index in [1.165, 1.54) is 5.56 Å². The number of nitrogens with zero attached hydrogens (tertiary/aromatic N) is 1. The highest BCUT2D eigenvalue weighted by Crippen LogP contribution is 2.16. The number of carbonyl (C=O) groups is 1. The average molecular weight is 349 g/mol. The second kappa shape index (κ2) is 6.94. The van der Waals surface area contributed by atoms with Crippen LogP contribution in [0.1, 0.15) is 48.3 Å². The van der Waals surface area contributed by atoms with Gasteiger partial charge in [0, 0.05) is 23.8 Å². The number of carbonyl (C=O) groups excluding carboxylic acids is 1. The minimum absolute atomic E-state index is 0.0458. The van der Waals surface area contributed by atoms with Crippen molar-refractivity contribution in [1.82, 2.24) is 9.88 Å². The van der Waals surface area contributed by atoms with Gasteiger partial charge >= 0.3 is 0 Å². The first kappa shape index (κ1) is 15.8. The van der Waals surface area contributed by atoms with Crippen molar-refractivity contribution in [3.8, 4) is 0 Å². The summed E-state index contributed by atoms with van der Waals surface area (Å²) in [5, 5.41) is 2.97. The Bertz CT molecular complexity index is 614. The van der Waals surface area contributed by atoms with Gasteiger partial charge < -0.3 is 9.88 Å². The zero-order valence-electron chi connectivity index (χ0n) is 12.7. The summed E-state index contributed by atoms with van der Waals surface area (Å²) in [6.45, 7) is 7.69. The van der Waals surface area contributed by atoms with Crippen LogP contribution in [-0.2, 0) is 13.1 Å². The number of nitrogens with one attached hydrogen (secondary N) is 1. The molecule has 4 heteroatoms. The molecule has 0 fully saturated rings. The predicted molar refractivity (Wildman–Crippen MR) is 89.5 cm³/mol. The van der Waals surface area contributed by atoms with Crippen molar-refractivity contribution in [2.75, 3.05) is 0 Å². The second-order valence-electron chi connectivity index (χ2n) is 5.41. The number of amides is 1. The Kier molecular flexibility index (Phi) is 5.23. The Hall–Kier alpha value is -1.55. The van der Waals surface area contributed by atoms with E-state index in [0.29, 0.717) is 18.2 Å². The maximum Gasteiger partial charge on any atom is 0.268 e. The van der Waals surface area contributed by atoms with Crippen molar-refractivity contribution < 1.29 is 4.79 Å². The summed E-state index contributed by atoms with van der Waals surface area (Å²) in [4.78, 5) is 12.2. The van der Waals surface area contributed by atoms with E-state index in [-0.39, 0.29) is 5.91 Å². The minimum atomic E-state index is -0.0458. The predicted octanol–water partition coefficient (Wildman–Crippen LogP) is 4.32. The first-order valence-corrected chi connectivity index (χ1v) is 8.03. The van der Waals surface area contributed by atoms with E-state index in [1.54, 1.807) is 0 Å². The highest BCUT2D eigenvalue weighted by Gasteiger charge is 2.11. The highest BCUT2D eigenvalue weighted by molar-refractivity contribution is 9.10. The molecule has 0 bridgehead atoms. The van der Waals surface area contributed by atoms with Crippen LogP contribution in [0.3, 0.4) is 0 Å². The van der Waals surface area contributed by atoms with Crippen molar-refractivity contribution in [2.24, 2.45) is 0 Å². The van der Waals surface area contributed by atoms with Crippen LogP contribution in [0, 0.1) is 0 Å². The fourth-order valence-corrected chi connectivity index (χ4v) is 2.68. The van der Waals surface area contributed by atoms with Gasteiger partial charge in [-0.1, -0.05) is 38.1 Å². The fraction of sp³-hybridized carbons (Fsp3) is 0.353. The molecule has 0 unspecified atom stereocenters. The third kappa shape index (κ3) is 3.97. The van der Waals surface area contributed by atoms with E-state index in [1.807, 2.05) is 23.8 Å². The summed E-state index contributed by atoms with van der Waals surface area (Å²) < 4.78 is 2.86. The van der Waals surface area contributed by atoms with Crippen molar-refractivity contribution in [3.05, 3.63) is 57.8 Å². The molecule has 112 valence electrons. The van der Waals surface area contributed by atoms with Crippen LogP contribution in [0.4, 0.5) is 0 Å². The van der Waals surface area contributed by atoms with Gasteiger partial charge in [-0.15, -0.1) is 0 Å². The molecule has 2 aromatic rings. The van der Waals surface area contributed by atoms with E-state index in [0.717, 1.165) is 16.6 Å². The van der Waals surface area contributed by atoms with E-state index < -0.39 is 0 Å². The van der Waals surface area contributed by atoms with Gasteiger partial charge in [-0.3, -0.25) is 4.79 Å². The lowest BCUT2D eigenvalue weighted by Crippen LogP contribution is -2.25. The number of hydrogen-bond acceptors (Lipinski definition) is 1. The van der Waals surface area contributed by atoms with Crippen LogP contribution in [0.15, 0.2) is 41.0 Å². The molecule has 0 saturated carbocycles. The fourth-order valence-electron chi connectivity index (χ4n) is 2.22. The summed E-state index contributed by atoms with van der Waals surface area (Å²) >= 11 is 3.41. The Morgan fingerprint density at radius 3 is 2.52 bits per heavy atom. The van der Waals surface area contributed by atoms with E-state index in [9.17, 15) is 4.79 Å². The van der Waals surface area contributed by atoms with Crippen molar-refractivity contribution in [2.45, 2.75) is 39.8 Å². The third-order valence-electron chi connectivity index (χ3n) is 3.54. The zero-order chi connectivity index (χ0) is 15.4. The molecule has 21 heavy (non-hydrogen) atoms. The van der Waals surface area contributed by atoms with Crippen LogP contribution in [0.5, 0.6) is 0 Å². The molecule has 0 aliphatic rings. The topological polar surface area (TPSA) is 34.0 Å². The maximum absolute atomic E-state index is 12.2. The quantitative estimate of drug-likeness (QED) is 0.857. The number of benzene rings is 1.